The highest BCUT2D eigenvalue weighted by atomic mass is 16.2. The molecule has 0 N–H and O–H groups in total. The van der Waals surface area contributed by atoms with Gasteiger partial charge in [0.15, 0.2) is 0 Å². The van der Waals surface area contributed by atoms with E-state index in [2.05, 4.69) is 20.8 Å². The highest BCUT2D eigenvalue weighted by Gasteiger charge is 2.34. The van der Waals surface area contributed by atoms with E-state index in [1.165, 1.54) is 0 Å². The highest BCUT2D eigenvalue weighted by molar-refractivity contribution is 5.95. The van der Waals surface area contributed by atoms with Crippen molar-refractivity contribution in [2.45, 2.75) is 40.0 Å². The number of hydrogen-bond acceptors (Lipinski definition) is 1. The molecule has 0 aliphatic rings. The van der Waals surface area contributed by atoms with Crippen LogP contribution in [0.1, 0.15) is 46.2 Å². The molecule has 0 amide bonds. The second-order valence-electron chi connectivity index (χ2n) is 4.81. The maximum absolute atomic E-state index is 12.9. The van der Waals surface area contributed by atoms with E-state index in [1.54, 1.807) is 10.8 Å². The molecule has 0 spiro atoms. The van der Waals surface area contributed by atoms with E-state index in [0.717, 1.165) is 30.2 Å². The SMILES string of the molecule is [2H]c1cn(C(=O)C(CC)(CC)CC)c2ccccc12. The second kappa shape index (κ2) is 4.97. The van der Waals surface area contributed by atoms with Crippen LogP contribution in [-0.4, -0.2) is 10.5 Å². The summed E-state index contributed by atoms with van der Waals surface area (Å²) in [7, 11) is 0. The van der Waals surface area contributed by atoms with Crippen molar-refractivity contribution in [2.24, 2.45) is 5.41 Å². The van der Waals surface area contributed by atoms with Crippen molar-refractivity contribution < 1.29 is 6.17 Å². The molecule has 0 aliphatic carbocycles. The van der Waals surface area contributed by atoms with Crippen LogP contribution in [0.25, 0.3) is 10.9 Å². The number of aromatic nitrogens is 1. The van der Waals surface area contributed by atoms with Gasteiger partial charge >= 0.3 is 0 Å². The number of carbonyl (C=O) groups is 1. The molecule has 0 saturated heterocycles. The van der Waals surface area contributed by atoms with Gasteiger partial charge in [0.25, 0.3) is 0 Å². The van der Waals surface area contributed by atoms with Crippen molar-refractivity contribution in [2.75, 3.05) is 0 Å². The molecule has 18 heavy (non-hydrogen) atoms. The molecule has 0 saturated carbocycles. The third-order valence-corrected chi connectivity index (χ3v) is 4.22. The lowest BCUT2D eigenvalue weighted by molar-refractivity contribution is 0.0675. The molecule has 2 aromatic rings. The Labute approximate surface area is 110 Å². The van der Waals surface area contributed by atoms with E-state index in [9.17, 15) is 4.79 Å². The summed E-state index contributed by atoms with van der Waals surface area (Å²) >= 11 is 0. The molecule has 0 aliphatic heterocycles. The van der Waals surface area contributed by atoms with E-state index in [1.807, 2.05) is 24.3 Å². The molecule has 1 aromatic carbocycles. The van der Waals surface area contributed by atoms with Gasteiger partial charge in [-0.2, -0.15) is 0 Å². The standard InChI is InChI=1S/C16H21NO/c1-4-16(5-2,6-3)15(18)17-12-11-13-9-7-8-10-14(13)17/h7-12H,4-6H2,1-3H3/i11D. The van der Waals surface area contributed by atoms with Crippen molar-refractivity contribution in [1.29, 1.82) is 0 Å². The predicted molar refractivity (Wildman–Crippen MR) is 75.9 cm³/mol. The number of rotatable bonds is 4. The van der Waals surface area contributed by atoms with Crippen LogP contribution in [0.5, 0.6) is 0 Å². The molecular formula is C16H21NO. The van der Waals surface area contributed by atoms with Crippen LogP contribution in [-0.2, 0) is 0 Å². The number of benzene rings is 1. The minimum absolute atomic E-state index is 0.120. The van der Waals surface area contributed by atoms with E-state index in [0.29, 0.717) is 6.04 Å². The van der Waals surface area contributed by atoms with Crippen LogP contribution in [0.15, 0.2) is 36.5 Å². The minimum atomic E-state index is -0.311. The number of carbonyl (C=O) groups excluding carboxylic acids is 1. The van der Waals surface area contributed by atoms with Gasteiger partial charge in [-0.05, 0) is 31.4 Å². The van der Waals surface area contributed by atoms with Crippen LogP contribution in [0.3, 0.4) is 0 Å². The zero-order valence-corrected chi connectivity index (χ0v) is 11.4. The zero-order chi connectivity index (χ0) is 14.0. The van der Waals surface area contributed by atoms with Crippen molar-refractivity contribution in [3.8, 4) is 0 Å². The molecule has 0 unspecified atom stereocenters. The predicted octanol–water partition coefficient (Wildman–Crippen LogP) is 4.50. The van der Waals surface area contributed by atoms with Crippen molar-refractivity contribution in [1.82, 2.24) is 4.57 Å². The Hall–Kier alpha value is -1.57. The first kappa shape index (κ1) is 11.5. The number of para-hydroxylation sites is 1. The van der Waals surface area contributed by atoms with Crippen LogP contribution < -0.4 is 0 Å². The normalized spacial score (nSPS) is 12.7. The molecule has 0 atom stereocenters. The first-order chi connectivity index (χ1) is 9.09. The number of nitrogens with zero attached hydrogens (tertiary/aromatic N) is 1. The van der Waals surface area contributed by atoms with Gasteiger partial charge in [0.1, 0.15) is 0 Å². The van der Waals surface area contributed by atoms with Crippen LogP contribution in [0, 0.1) is 5.41 Å². The summed E-state index contributed by atoms with van der Waals surface area (Å²) in [5.74, 6) is 0.120. The summed E-state index contributed by atoms with van der Waals surface area (Å²) in [6, 6.07) is 8.05. The van der Waals surface area contributed by atoms with Crippen molar-refractivity contribution >= 4 is 16.8 Å². The lowest BCUT2D eigenvalue weighted by Crippen LogP contribution is -2.33. The Morgan fingerprint density at radius 1 is 1.22 bits per heavy atom. The van der Waals surface area contributed by atoms with Gasteiger partial charge in [-0.15, -0.1) is 0 Å². The molecule has 0 fully saturated rings. The van der Waals surface area contributed by atoms with Crippen molar-refractivity contribution in [3.63, 3.8) is 0 Å². The van der Waals surface area contributed by atoms with E-state index >= 15 is 0 Å². The van der Waals surface area contributed by atoms with Gasteiger partial charge in [-0.1, -0.05) is 39.0 Å². The van der Waals surface area contributed by atoms with Gasteiger partial charge < -0.3 is 0 Å². The smallest absolute Gasteiger partial charge is 0.237 e. The molecule has 0 radical (unpaired) electrons. The average molecular weight is 244 g/mol. The first-order valence-electron chi connectivity index (χ1n) is 7.21. The lowest BCUT2D eigenvalue weighted by atomic mass is 9.79. The fraction of sp³-hybridized carbons (Fsp3) is 0.438. The summed E-state index contributed by atoms with van der Waals surface area (Å²) < 4.78 is 9.66. The average Bonchev–Trinajstić information content (AvgIpc) is 2.79. The second-order valence-corrected chi connectivity index (χ2v) is 4.81. The van der Waals surface area contributed by atoms with Gasteiger partial charge in [-0.3, -0.25) is 9.36 Å². The molecular weight excluding hydrogens is 222 g/mol. The third-order valence-electron chi connectivity index (χ3n) is 4.22. The summed E-state index contributed by atoms with van der Waals surface area (Å²) in [5, 5.41) is 0.841. The summed E-state index contributed by atoms with van der Waals surface area (Å²) in [6.45, 7) is 6.20. The number of fused-ring (bicyclic) bond motifs is 1. The minimum Gasteiger partial charge on any atom is -0.287 e. The Bertz CT molecular complexity index is 588. The Kier molecular flexibility index (Phi) is 3.18. The van der Waals surface area contributed by atoms with E-state index in [4.69, 9.17) is 1.37 Å². The summed E-state index contributed by atoms with van der Waals surface area (Å²) in [5.41, 5.74) is 0.533. The molecule has 2 heteroatoms. The van der Waals surface area contributed by atoms with E-state index in [-0.39, 0.29) is 11.3 Å². The Morgan fingerprint density at radius 3 is 2.44 bits per heavy atom. The molecule has 1 aromatic heterocycles. The first-order valence-corrected chi connectivity index (χ1v) is 6.71. The fourth-order valence-corrected chi connectivity index (χ4v) is 2.64. The Balaban J connectivity index is 2.59. The van der Waals surface area contributed by atoms with Gasteiger partial charge in [-0.25, -0.2) is 0 Å². The summed E-state index contributed by atoms with van der Waals surface area (Å²) in [4.78, 5) is 12.9. The van der Waals surface area contributed by atoms with Crippen LogP contribution >= 0.6 is 0 Å². The molecule has 96 valence electrons. The monoisotopic (exact) mass is 244 g/mol. The highest BCUT2D eigenvalue weighted by Crippen LogP contribution is 2.33. The zero-order valence-electron chi connectivity index (χ0n) is 12.4. The van der Waals surface area contributed by atoms with E-state index < -0.39 is 0 Å². The van der Waals surface area contributed by atoms with Crippen LogP contribution in [0.4, 0.5) is 0 Å². The fourth-order valence-electron chi connectivity index (χ4n) is 2.64. The number of hydrogen-bond donors (Lipinski definition) is 0. The Morgan fingerprint density at radius 2 is 1.83 bits per heavy atom. The van der Waals surface area contributed by atoms with Crippen LogP contribution in [0.2, 0.25) is 0 Å². The van der Waals surface area contributed by atoms with Gasteiger partial charge in [0.05, 0.1) is 6.89 Å². The third kappa shape index (κ3) is 1.86. The quantitative estimate of drug-likeness (QED) is 0.776. The van der Waals surface area contributed by atoms with Gasteiger partial charge in [0.2, 0.25) is 5.91 Å². The van der Waals surface area contributed by atoms with Crippen molar-refractivity contribution in [3.05, 3.63) is 36.5 Å². The molecule has 1 heterocycles. The maximum Gasteiger partial charge on any atom is 0.237 e. The maximum atomic E-state index is 12.9. The molecule has 2 nitrogen and oxygen atoms in total. The molecule has 2 rings (SSSR count). The molecule has 0 bridgehead atoms. The van der Waals surface area contributed by atoms with Gasteiger partial charge in [0, 0.05) is 17.0 Å². The topological polar surface area (TPSA) is 22.0 Å². The lowest BCUT2D eigenvalue weighted by Gasteiger charge is -2.29. The summed E-state index contributed by atoms with van der Waals surface area (Å²) in [6.07, 6.45) is 4.15. The largest absolute Gasteiger partial charge is 0.287 e.